The quantitative estimate of drug-likeness (QED) is 0.420. The van der Waals surface area contributed by atoms with E-state index in [1.54, 1.807) is 0 Å². The first-order valence-electron chi connectivity index (χ1n) is 7.45. The smallest absolute Gasteiger partial charge is 0.238 e. The Bertz CT molecular complexity index is 687. The normalized spacial score (nSPS) is 37.7. The maximum atomic E-state index is 12.9. The van der Waals surface area contributed by atoms with Gasteiger partial charge >= 0.3 is 0 Å². The second kappa shape index (κ2) is 3.77. The number of carbonyl (C=O) groups excluding carboxylic acids is 2. The van der Waals surface area contributed by atoms with E-state index >= 15 is 0 Å². The van der Waals surface area contributed by atoms with Crippen LogP contribution < -0.4 is 4.90 Å². The molecule has 1 saturated heterocycles. The van der Waals surface area contributed by atoms with E-state index < -0.39 is 0 Å². The number of hydrogen-bond donors (Lipinski definition) is 0. The highest BCUT2D eigenvalue weighted by molar-refractivity contribution is 14.1. The number of benzene rings is 1. The fourth-order valence-electron chi connectivity index (χ4n) is 4.95. The Morgan fingerprint density at radius 2 is 1.67 bits per heavy atom. The number of anilines is 1. The van der Waals surface area contributed by atoms with Gasteiger partial charge in [-0.3, -0.25) is 9.59 Å². The molecule has 4 heteroatoms. The first-order chi connectivity index (χ1) is 10.1. The molecule has 0 radical (unpaired) electrons. The van der Waals surface area contributed by atoms with Gasteiger partial charge in [0.15, 0.2) is 0 Å². The molecule has 106 valence electrons. The predicted molar refractivity (Wildman–Crippen MR) is 86.4 cm³/mol. The number of amides is 2. The van der Waals surface area contributed by atoms with Gasteiger partial charge in [0.1, 0.15) is 0 Å². The molecule has 0 unspecified atom stereocenters. The lowest BCUT2D eigenvalue weighted by Crippen LogP contribution is -2.34. The molecule has 21 heavy (non-hydrogen) atoms. The highest BCUT2D eigenvalue weighted by Gasteiger charge is 2.73. The molecule has 2 amide bonds. The molecular formula is C17H14INO2. The van der Waals surface area contributed by atoms with Crippen molar-refractivity contribution < 1.29 is 9.59 Å². The minimum absolute atomic E-state index is 0.0233. The van der Waals surface area contributed by atoms with Crippen LogP contribution in [0.5, 0.6) is 0 Å². The highest BCUT2D eigenvalue weighted by atomic mass is 127. The molecule has 1 aromatic rings. The number of halogens is 1. The van der Waals surface area contributed by atoms with Crippen molar-refractivity contribution in [2.75, 3.05) is 4.90 Å². The zero-order valence-electron chi connectivity index (χ0n) is 11.3. The molecule has 2 saturated carbocycles. The van der Waals surface area contributed by atoms with Gasteiger partial charge in [-0.15, -0.1) is 0 Å². The van der Waals surface area contributed by atoms with Crippen molar-refractivity contribution in [1.82, 2.24) is 0 Å². The van der Waals surface area contributed by atoms with Crippen LogP contribution in [0.2, 0.25) is 0 Å². The summed E-state index contributed by atoms with van der Waals surface area (Å²) in [6.45, 7) is 0. The Morgan fingerprint density at radius 1 is 1.05 bits per heavy atom. The summed E-state index contributed by atoms with van der Waals surface area (Å²) in [6.07, 6.45) is 6.79. The minimum atomic E-state index is -0.104. The molecule has 3 fully saturated rings. The molecule has 4 aliphatic rings. The van der Waals surface area contributed by atoms with E-state index in [0.717, 1.165) is 9.26 Å². The first-order valence-corrected chi connectivity index (χ1v) is 8.53. The van der Waals surface area contributed by atoms with Crippen LogP contribution in [-0.4, -0.2) is 11.8 Å². The standard InChI is InChI=1S/C17H14INO2/c18-9-2-1-3-10(8-9)19-15(20)13-11-4-5-12(14(13)16(19)21)17(11)6-7-17/h1-5,8,11-14H,6-7H2/t11-,12+,13-,14+. The van der Waals surface area contributed by atoms with Gasteiger partial charge in [-0.2, -0.15) is 0 Å². The summed E-state index contributed by atoms with van der Waals surface area (Å²) in [4.78, 5) is 27.2. The predicted octanol–water partition coefficient (Wildman–Crippen LogP) is 2.99. The number of allylic oxidation sites excluding steroid dienone is 2. The van der Waals surface area contributed by atoms with E-state index in [-0.39, 0.29) is 29.1 Å². The third kappa shape index (κ3) is 1.35. The molecular weight excluding hydrogens is 377 g/mol. The van der Waals surface area contributed by atoms with Crippen LogP contribution in [-0.2, 0) is 9.59 Å². The SMILES string of the molecule is O=C1[C@@H]2[C@H](C(=O)N1c1cccc(I)c1)[C@H]1C=C[C@@H]2C12CC2. The Morgan fingerprint density at radius 3 is 2.19 bits per heavy atom. The van der Waals surface area contributed by atoms with E-state index in [4.69, 9.17) is 0 Å². The summed E-state index contributed by atoms with van der Waals surface area (Å²) in [6, 6.07) is 7.65. The maximum absolute atomic E-state index is 12.9. The summed E-state index contributed by atoms with van der Waals surface area (Å²) >= 11 is 2.21. The lowest BCUT2D eigenvalue weighted by Gasteiger charge is -2.21. The van der Waals surface area contributed by atoms with Crippen molar-refractivity contribution in [2.45, 2.75) is 12.8 Å². The molecule has 1 aliphatic heterocycles. The molecule has 5 rings (SSSR count). The summed E-state index contributed by atoms with van der Waals surface area (Å²) in [5.74, 6) is 0.444. The van der Waals surface area contributed by atoms with Gasteiger partial charge in [0.05, 0.1) is 17.5 Å². The Kier molecular flexibility index (Phi) is 2.22. The molecule has 4 atom stereocenters. The number of nitrogens with zero attached hydrogens (tertiary/aromatic N) is 1. The second-order valence-electron chi connectivity index (χ2n) is 6.71. The zero-order valence-corrected chi connectivity index (χ0v) is 13.5. The molecule has 2 bridgehead atoms. The van der Waals surface area contributed by atoms with Crippen LogP contribution in [0.25, 0.3) is 0 Å². The number of rotatable bonds is 1. The number of hydrogen-bond acceptors (Lipinski definition) is 2. The van der Waals surface area contributed by atoms with Crippen LogP contribution in [0, 0.1) is 32.7 Å². The first kappa shape index (κ1) is 12.4. The average Bonchev–Trinajstić information content (AvgIpc) is 3.05. The van der Waals surface area contributed by atoms with E-state index in [0.29, 0.717) is 11.8 Å². The van der Waals surface area contributed by atoms with Crippen molar-refractivity contribution in [2.24, 2.45) is 29.1 Å². The molecule has 3 aliphatic carbocycles. The van der Waals surface area contributed by atoms with Crippen LogP contribution >= 0.6 is 22.6 Å². The third-order valence-electron chi connectivity index (χ3n) is 5.92. The largest absolute Gasteiger partial charge is 0.274 e. The van der Waals surface area contributed by atoms with Crippen molar-refractivity contribution in [3.63, 3.8) is 0 Å². The number of carbonyl (C=O) groups is 2. The van der Waals surface area contributed by atoms with Crippen LogP contribution in [0.1, 0.15) is 12.8 Å². The van der Waals surface area contributed by atoms with Gasteiger partial charge in [-0.25, -0.2) is 4.90 Å². The molecule has 0 aromatic heterocycles. The molecule has 1 aromatic carbocycles. The van der Waals surface area contributed by atoms with Crippen molar-refractivity contribution in [1.29, 1.82) is 0 Å². The van der Waals surface area contributed by atoms with Gasteiger partial charge in [0.25, 0.3) is 0 Å². The molecule has 3 nitrogen and oxygen atoms in total. The fraction of sp³-hybridized carbons (Fsp3) is 0.412. The fourth-order valence-corrected chi connectivity index (χ4v) is 5.47. The summed E-state index contributed by atoms with van der Waals surface area (Å²) < 4.78 is 1.04. The summed E-state index contributed by atoms with van der Waals surface area (Å²) in [5.41, 5.74) is 1.01. The lowest BCUT2D eigenvalue weighted by atomic mass is 9.85. The van der Waals surface area contributed by atoms with Crippen molar-refractivity contribution in [3.05, 3.63) is 40.0 Å². The third-order valence-corrected chi connectivity index (χ3v) is 6.59. The zero-order chi connectivity index (χ0) is 14.4. The highest BCUT2D eigenvalue weighted by Crippen LogP contribution is 2.73. The van der Waals surface area contributed by atoms with E-state index in [9.17, 15) is 9.59 Å². The van der Waals surface area contributed by atoms with Crippen LogP contribution in [0.15, 0.2) is 36.4 Å². The molecule has 1 heterocycles. The molecule has 0 N–H and O–H groups in total. The average molecular weight is 391 g/mol. The van der Waals surface area contributed by atoms with Crippen LogP contribution in [0.4, 0.5) is 5.69 Å². The maximum Gasteiger partial charge on any atom is 0.238 e. The topological polar surface area (TPSA) is 37.4 Å². The number of fused-ring (bicyclic) bond motifs is 3. The van der Waals surface area contributed by atoms with Crippen molar-refractivity contribution in [3.8, 4) is 0 Å². The number of imide groups is 1. The van der Waals surface area contributed by atoms with Gasteiger partial charge in [0.2, 0.25) is 11.8 Å². The Hall–Kier alpha value is -1.17. The summed E-state index contributed by atoms with van der Waals surface area (Å²) in [5, 5.41) is 0. The van der Waals surface area contributed by atoms with E-state index in [1.807, 2.05) is 24.3 Å². The minimum Gasteiger partial charge on any atom is -0.274 e. The van der Waals surface area contributed by atoms with E-state index in [2.05, 4.69) is 34.7 Å². The lowest BCUT2D eigenvalue weighted by molar-refractivity contribution is -0.123. The van der Waals surface area contributed by atoms with Crippen molar-refractivity contribution >= 4 is 40.1 Å². The Balaban J connectivity index is 1.59. The van der Waals surface area contributed by atoms with Gasteiger partial charge in [0, 0.05) is 3.57 Å². The molecule has 1 spiro atoms. The Labute approximate surface area is 136 Å². The van der Waals surface area contributed by atoms with Gasteiger partial charge in [-0.05, 0) is 70.9 Å². The monoisotopic (exact) mass is 391 g/mol. The summed E-state index contributed by atoms with van der Waals surface area (Å²) in [7, 11) is 0. The van der Waals surface area contributed by atoms with Crippen LogP contribution in [0.3, 0.4) is 0 Å². The second-order valence-corrected chi connectivity index (χ2v) is 7.96. The van der Waals surface area contributed by atoms with Gasteiger partial charge < -0.3 is 0 Å². The van der Waals surface area contributed by atoms with Gasteiger partial charge in [-0.1, -0.05) is 18.2 Å². The van der Waals surface area contributed by atoms with E-state index in [1.165, 1.54) is 17.7 Å².